The van der Waals surface area contributed by atoms with Crippen LogP contribution in [0.1, 0.15) is 55.6 Å². The second-order valence-electron chi connectivity index (χ2n) is 14.2. The third kappa shape index (κ3) is 6.19. The molecular weight excluding hydrogens is 628 g/mol. The minimum absolute atomic E-state index is 0.0469. The summed E-state index contributed by atoms with van der Waals surface area (Å²) in [6, 6.07) is 0.541. The summed E-state index contributed by atoms with van der Waals surface area (Å²) in [6.07, 6.45) is -0.782. The number of esters is 1. The molecule has 0 spiro atoms. The van der Waals surface area contributed by atoms with E-state index in [1.165, 1.54) is 9.80 Å². The van der Waals surface area contributed by atoms with Gasteiger partial charge in [-0.25, -0.2) is 4.79 Å². The van der Waals surface area contributed by atoms with E-state index in [2.05, 4.69) is 0 Å². The second kappa shape index (κ2) is 12.8. The summed E-state index contributed by atoms with van der Waals surface area (Å²) in [4.78, 5) is 69.0. The number of aliphatic hydroxyl groups excluding tert-OH is 2. The third-order valence-corrected chi connectivity index (χ3v) is 8.99. The van der Waals surface area contributed by atoms with Gasteiger partial charge < -0.3 is 45.4 Å². The number of hydrogen-bond acceptors (Lipinski definition) is 13. The summed E-state index contributed by atoms with van der Waals surface area (Å²) in [5.41, 5.74) is 1.99. The fourth-order valence-corrected chi connectivity index (χ4v) is 7.09. The lowest BCUT2D eigenvalue weighted by molar-refractivity contribution is -0.150. The number of nitrogens with two attached hydrogens (primary N) is 1. The second-order valence-corrected chi connectivity index (χ2v) is 14.2. The predicted octanol–water partition coefficient (Wildman–Crippen LogP) is 1.69. The average Bonchev–Trinajstić information content (AvgIpc) is 2.94. The summed E-state index contributed by atoms with van der Waals surface area (Å²) >= 11 is 0. The number of fused-ring (bicyclic) bond motifs is 3. The van der Waals surface area contributed by atoms with Crippen LogP contribution in [0, 0.1) is 17.3 Å². The number of phenols is 1. The highest BCUT2D eigenvalue weighted by molar-refractivity contribution is 6.25. The van der Waals surface area contributed by atoms with Crippen LogP contribution in [0.5, 0.6) is 5.75 Å². The van der Waals surface area contributed by atoms with Crippen molar-refractivity contribution in [1.29, 1.82) is 0 Å². The number of carbonyl (C=O) groups is 5. The average molecular weight is 673 g/mol. The highest BCUT2D eigenvalue weighted by Gasteiger charge is 2.63. The van der Waals surface area contributed by atoms with Gasteiger partial charge in [-0.1, -0.05) is 20.8 Å². The molecule has 4 atom stereocenters. The molecule has 1 aromatic carbocycles. The molecule has 4 rings (SSSR count). The van der Waals surface area contributed by atoms with Gasteiger partial charge in [-0.15, -0.1) is 0 Å². The number of ether oxygens (including phenoxy) is 2. The number of Topliss-reactive ketones (excluding diaryl/α,β-unsaturated/α-hetero) is 2. The lowest BCUT2D eigenvalue weighted by Crippen LogP contribution is -2.63. The molecule has 0 bridgehead atoms. The Morgan fingerprint density at radius 2 is 1.69 bits per heavy atom. The van der Waals surface area contributed by atoms with Gasteiger partial charge in [0.05, 0.1) is 18.2 Å². The molecule has 262 valence electrons. The Morgan fingerprint density at radius 3 is 2.21 bits per heavy atom. The number of allylic oxidation sites excluding steroid dienone is 1. The highest BCUT2D eigenvalue weighted by atomic mass is 16.7. The number of nitrogens with zero attached hydrogens (tertiary/aromatic N) is 3. The summed E-state index contributed by atoms with van der Waals surface area (Å²) < 4.78 is 9.86. The highest BCUT2D eigenvalue weighted by Crippen LogP contribution is 2.53. The van der Waals surface area contributed by atoms with Crippen LogP contribution < -0.4 is 10.6 Å². The number of likely N-dealkylation sites (N-methyl/N-ethyl adjacent to an activating group) is 1. The van der Waals surface area contributed by atoms with Crippen molar-refractivity contribution in [3.05, 3.63) is 45.4 Å². The molecule has 1 aromatic rings. The number of primary amides is 1. The van der Waals surface area contributed by atoms with Crippen LogP contribution in [0.4, 0.5) is 10.5 Å². The summed E-state index contributed by atoms with van der Waals surface area (Å²) in [5.74, 6) is -8.10. The number of ketones is 2. The van der Waals surface area contributed by atoms with Gasteiger partial charge in [-0.05, 0) is 49.9 Å². The predicted molar refractivity (Wildman–Crippen MR) is 171 cm³/mol. The first kappa shape index (κ1) is 36.2. The normalized spacial score (nSPS) is 23.8. The molecule has 3 aliphatic rings. The maximum absolute atomic E-state index is 14.3. The maximum atomic E-state index is 14.3. The van der Waals surface area contributed by atoms with Crippen LogP contribution in [-0.4, -0.2) is 113 Å². The van der Waals surface area contributed by atoms with Crippen molar-refractivity contribution in [1.82, 2.24) is 9.80 Å². The van der Waals surface area contributed by atoms with E-state index in [4.69, 9.17) is 15.2 Å². The molecule has 0 saturated heterocycles. The van der Waals surface area contributed by atoms with E-state index >= 15 is 0 Å². The molecule has 0 saturated carbocycles. The first-order valence-corrected chi connectivity index (χ1v) is 15.4. The number of phenolic OH excluding ortho intramolecular Hbond substituents is 1. The molecule has 0 fully saturated rings. The molecule has 0 radical (unpaired) electrons. The van der Waals surface area contributed by atoms with Crippen LogP contribution in [-0.2, 0) is 36.8 Å². The lowest BCUT2D eigenvalue weighted by Gasteiger charge is -2.50. The zero-order valence-electron chi connectivity index (χ0n) is 28.4. The van der Waals surface area contributed by atoms with E-state index in [9.17, 15) is 44.4 Å². The van der Waals surface area contributed by atoms with Crippen molar-refractivity contribution in [2.75, 3.05) is 46.4 Å². The number of benzene rings is 1. The topological polar surface area (TPSA) is 220 Å². The molecule has 0 unspecified atom stereocenters. The van der Waals surface area contributed by atoms with Crippen molar-refractivity contribution in [3.63, 3.8) is 0 Å². The van der Waals surface area contributed by atoms with E-state index in [0.29, 0.717) is 11.3 Å². The SMILES string of the molecule is CC(=O)OCOC(=O)N(Cc1cc(N(C)C)c2c(c1O)C(=O)C1=C(O)[C@]3(O)C(=O)C(C(N)=O)=C(O)[C@@H](N(C)C)[C@@H]3C[C@@H]1C2)CC(C)(C)C. The van der Waals surface area contributed by atoms with Gasteiger partial charge in [0, 0.05) is 50.3 Å². The van der Waals surface area contributed by atoms with E-state index in [0.717, 1.165) is 6.92 Å². The van der Waals surface area contributed by atoms with E-state index in [-0.39, 0.29) is 42.6 Å². The summed E-state index contributed by atoms with van der Waals surface area (Å²) in [7, 11) is 6.59. The fourth-order valence-electron chi connectivity index (χ4n) is 7.09. The number of aromatic hydroxyl groups is 1. The van der Waals surface area contributed by atoms with E-state index in [1.807, 2.05) is 20.8 Å². The Bertz CT molecular complexity index is 1640. The molecule has 6 N–H and O–H groups in total. The first-order chi connectivity index (χ1) is 22.1. The summed E-state index contributed by atoms with van der Waals surface area (Å²) in [6.45, 7) is 6.10. The smallest absolute Gasteiger partial charge is 0.412 e. The molecule has 15 heteroatoms. The Morgan fingerprint density at radius 1 is 1.06 bits per heavy atom. The number of rotatable bonds is 8. The maximum Gasteiger partial charge on any atom is 0.412 e. The molecule has 15 nitrogen and oxygen atoms in total. The fraction of sp³-hybridized carbons (Fsp3) is 0.545. The van der Waals surface area contributed by atoms with Gasteiger partial charge in [-0.2, -0.15) is 0 Å². The molecule has 0 aliphatic heterocycles. The Kier molecular flexibility index (Phi) is 9.63. The molecule has 2 amide bonds. The summed E-state index contributed by atoms with van der Waals surface area (Å²) in [5, 5.41) is 46.1. The molecule has 0 heterocycles. The van der Waals surface area contributed by atoms with Crippen LogP contribution in [0.25, 0.3) is 0 Å². The van der Waals surface area contributed by atoms with Crippen molar-refractivity contribution in [3.8, 4) is 5.75 Å². The number of anilines is 1. The van der Waals surface area contributed by atoms with Crippen LogP contribution >= 0.6 is 0 Å². The van der Waals surface area contributed by atoms with Crippen molar-refractivity contribution in [2.24, 2.45) is 23.0 Å². The first-order valence-electron chi connectivity index (χ1n) is 15.4. The zero-order chi connectivity index (χ0) is 36.2. The van der Waals surface area contributed by atoms with Crippen LogP contribution in [0.3, 0.4) is 0 Å². The number of amides is 2. The van der Waals surface area contributed by atoms with Crippen molar-refractivity contribution < 1.29 is 53.9 Å². The van der Waals surface area contributed by atoms with Crippen molar-refractivity contribution in [2.45, 2.75) is 58.7 Å². The van der Waals surface area contributed by atoms with Crippen molar-refractivity contribution >= 4 is 35.2 Å². The quantitative estimate of drug-likeness (QED) is 0.151. The van der Waals surface area contributed by atoms with Gasteiger partial charge in [0.1, 0.15) is 22.8 Å². The van der Waals surface area contributed by atoms with Gasteiger partial charge >= 0.3 is 12.1 Å². The van der Waals surface area contributed by atoms with Gasteiger partial charge in [0.2, 0.25) is 12.6 Å². The van der Waals surface area contributed by atoms with Gasteiger partial charge in [-0.3, -0.25) is 24.1 Å². The minimum atomic E-state index is -2.77. The minimum Gasteiger partial charge on any atom is -0.510 e. The van der Waals surface area contributed by atoms with Gasteiger partial charge in [0.15, 0.2) is 11.4 Å². The van der Waals surface area contributed by atoms with Crippen LogP contribution in [0.15, 0.2) is 28.7 Å². The molecular formula is C33H44N4O11. The number of hydrogen-bond donors (Lipinski definition) is 5. The number of aliphatic hydroxyl groups is 3. The Balaban J connectivity index is 1.86. The number of carbonyl (C=O) groups excluding carboxylic acids is 5. The largest absolute Gasteiger partial charge is 0.510 e. The van der Waals surface area contributed by atoms with E-state index in [1.54, 1.807) is 39.2 Å². The standard InChI is InChI=1S/C33H44N4O11/c1-15(38)47-14-48-31(45)37(13-32(2,3)4)12-17-11-20(35(5)6)18-9-16-10-19-24(36(7)8)27(41)23(30(34)44)29(43)33(19,46)28(42)21(16)26(40)22(18)25(17)39/h11,16,19,24,39,41-42,46H,9-10,12-14H2,1-8H3,(H2,34,44)/t16-,19-,24-,33-/m0/s1. The molecule has 48 heavy (non-hydrogen) atoms. The zero-order valence-corrected chi connectivity index (χ0v) is 28.4. The third-order valence-electron chi connectivity index (χ3n) is 8.99. The molecule has 3 aliphatic carbocycles. The Hall–Kier alpha value is -4.63. The van der Waals surface area contributed by atoms with Crippen LogP contribution in [0.2, 0.25) is 0 Å². The Labute approximate surface area is 278 Å². The monoisotopic (exact) mass is 672 g/mol. The van der Waals surface area contributed by atoms with E-state index < -0.39 is 88.1 Å². The molecule has 0 aromatic heterocycles. The lowest BCUT2D eigenvalue weighted by atomic mass is 9.58. The van der Waals surface area contributed by atoms with Gasteiger partial charge in [0.25, 0.3) is 5.91 Å².